The second-order valence-corrected chi connectivity index (χ2v) is 7.40. The fourth-order valence-electron chi connectivity index (χ4n) is 3.09. The molecule has 7 nitrogen and oxygen atoms in total. The molecule has 0 aliphatic carbocycles. The third-order valence-electron chi connectivity index (χ3n) is 4.45. The van der Waals surface area contributed by atoms with Crippen LogP contribution in [0.25, 0.3) is 4.96 Å². The summed E-state index contributed by atoms with van der Waals surface area (Å²) in [6.45, 7) is 5.43. The molecular weight excluding hydrogens is 350 g/mol. The van der Waals surface area contributed by atoms with Crippen molar-refractivity contribution in [2.24, 2.45) is 0 Å². The van der Waals surface area contributed by atoms with Crippen molar-refractivity contribution >= 4 is 22.2 Å². The smallest absolute Gasteiger partial charge is 0.275 e. The summed E-state index contributed by atoms with van der Waals surface area (Å²) in [6.07, 6.45) is 0. The molecule has 0 atom stereocenters. The lowest BCUT2D eigenvalue weighted by Crippen LogP contribution is -2.48. The van der Waals surface area contributed by atoms with Crippen molar-refractivity contribution in [1.82, 2.24) is 24.4 Å². The second-order valence-electron chi connectivity index (χ2n) is 6.36. The Bertz CT molecular complexity index is 990. The van der Waals surface area contributed by atoms with Crippen molar-refractivity contribution in [3.8, 4) is 0 Å². The maximum absolute atomic E-state index is 12.5. The third kappa shape index (κ3) is 3.38. The second kappa shape index (κ2) is 6.97. The van der Waals surface area contributed by atoms with E-state index in [2.05, 4.69) is 15.0 Å². The molecule has 2 aromatic heterocycles. The number of rotatable bonds is 3. The maximum atomic E-state index is 12.5. The molecule has 0 spiro atoms. The third-order valence-corrected chi connectivity index (χ3v) is 5.35. The van der Waals surface area contributed by atoms with Gasteiger partial charge < -0.3 is 4.90 Å². The number of nitrogens with zero attached hydrogens (tertiary/aromatic N) is 5. The van der Waals surface area contributed by atoms with Crippen molar-refractivity contribution in [2.75, 3.05) is 26.2 Å². The lowest BCUT2D eigenvalue weighted by Gasteiger charge is -2.34. The van der Waals surface area contributed by atoms with E-state index < -0.39 is 0 Å². The number of hydrogen-bond acceptors (Lipinski definition) is 6. The summed E-state index contributed by atoms with van der Waals surface area (Å²) in [5, 5.41) is 5.25. The Morgan fingerprint density at radius 3 is 2.62 bits per heavy atom. The predicted molar refractivity (Wildman–Crippen MR) is 99.5 cm³/mol. The Labute approximate surface area is 154 Å². The van der Waals surface area contributed by atoms with Crippen molar-refractivity contribution in [2.45, 2.75) is 13.5 Å². The fraction of sp³-hybridized carbons (Fsp3) is 0.333. The first-order valence-electron chi connectivity index (χ1n) is 8.53. The molecule has 0 bridgehead atoms. The van der Waals surface area contributed by atoms with Crippen molar-refractivity contribution in [3.63, 3.8) is 0 Å². The molecule has 134 valence electrons. The topological polar surface area (TPSA) is 70.8 Å². The van der Waals surface area contributed by atoms with Gasteiger partial charge in [0, 0.05) is 43.5 Å². The SMILES string of the molecule is Cc1cc(=O)n2nc(CN3CCN(C(=O)c4ccccc4)CC3)sc2n1. The van der Waals surface area contributed by atoms with Crippen LogP contribution in [0.1, 0.15) is 21.1 Å². The first-order valence-corrected chi connectivity index (χ1v) is 9.35. The molecule has 1 aromatic carbocycles. The van der Waals surface area contributed by atoms with Crippen LogP contribution >= 0.6 is 11.3 Å². The lowest BCUT2D eigenvalue weighted by atomic mass is 10.2. The number of aromatic nitrogens is 3. The van der Waals surface area contributed by atoms with Gasteiger partial charge in [0.1, 0.15) is 5.01 Å². The largest absolute Gasteiger partial charge is 0.336 e. The van der Waals surface area contributed by atoms with Crippen LogP contribution in [0.4, 0.5) is 0 Å². The highest BCUT2D eigenvalue weighted by molar-refractivity contribution is 7.16. The van der Waals surface area contributed by atoms with Gasteiger partial charge in [-0.1, -0.05) is 29.5 Å². The van der Waals surface area contributed by atoms with E-state index in [-0.39, 0.29) is 11.5 Å². The highest BCUT2D eigenvalue weighted by Crippen LogP contribution is 2.16. The highest BCUT2D eigenvalue weighted by Gasteiger charge is 2.23. The van der Waals surface area contributed by atoms with Crippen LogP contribution in [0.15, 0.2) is 41.2 Å². The van der Waals surface area contributed by atoms with Crippen molar-refractivity contribution < 1.29 is 4.79 Å². The summed E-state index contributed by atoms with van der Waals surface area (Å²) in [6, 6.07) is 10.9. The number of benzene rings is 1. The summed E-state index contributed by atoms with van der Waals surface area (Å²) >= 11 is 1.44. The molecule has 0 N–H and O–H groups in total. The number of aryl methyl sites for hydroxylation is 1. The Hall–Kier alpha value is -2.58. The minimum Gasteiger partial charge on any atom is -0.336 e. The molecule has 4 rings (SSSR count). The maximum Gasteiger partial charge on any atom is 0.275 e. The van der Waals surface area contributed by atoms with E-state index in [0.29, 0.717) is 30.3 Å². The molecule has 1 aliphatic rings. The standard InChI is InChI=1S/C18H19N5O2S/c1-13-11-16(24)23-18(19-13)26-15(20-23)12-21-7-9-22(10-8-21)17(25)14-5-3-2-4-6-14/h2-6,11H,7-10,12H2,1H3. The number of amides is 1. The average Bonchev–Trinajstić information content (AvgIpc) is 3.05. The van der Waals surface area contributed by atoms with E-state index in [4.69, 9.17) is 0 Å². The summed E-state index contributed by atoms with van der Waals surface area (Å²) in [7, 11) is 0. The molecule has 1 aliphatic heterocycles. The number of carbonyl (C=O) groups is 1. The van der Waals surface area contributed by atoms with Gasteiger partial charge in [0.2, 0.25) is 4.96 Å². The Balaban J connectivity index is 1.40. The normalized spacial score (nSPS) is 15.5. The Morgan fingerprint density at radius 1 is 1.15 bits per heavy atom. The number of piperazine rings is 1. The van der Waals surface area contributed by atoms with Gasteiger partial charge in [-0.25, -0.2) is 4.98 Å². The monoisotopic (exact) mass is 369 g/mol. The zero-order chi connectivity index (χ0) is 18.1. The highest BCUT2D eigenvalue weighted by atomic mass is 32.1. The van der Waals surface area contributed by atoms with Gasteiger partial charge in [0.15, 0.2) is 0 Å². The number of carbonyl (C=O) groups excluding carboxylic acids is 1. The molecule has 3 heterocycles. The molecule has 0 radical (unpaired) electrons. The molecule has 1 amide bonds. The van der Waals surface area contributed by atoms with Crippen LogP contribution in [0.2, 0.25) is 0 Å². The van der Waals surface area contributed by atoms with Gasteiger partial charge in [0.05, 0.1) is 6.54 Å². The zero-order valence-electron chi connectivity index (χ0n) is 14.5. The van der Waals surface area contributed by atoms with Gasteiger partial charge >= 0.3 is 0 Å². The minimum atomic E-state index is -0.145. The summed E-state index contributed by atoms with van der Waals surface area (Å²) in [4.78, 5) is 33.6. The average molecular weight is 369 g/mol. The Morgan fingerprint density at radius 2 is 1.88 bits per heavy atom. The number of fused-ring (bicyclic) bond motifs is 1. The van der Waals surface area contributed by atoms with Crippen LogP contribution in [0.3, 0.4) is 0 Å². The molecule has 0 unspecified atom stereocenters. The van der Waals surface area contributed by atoms with E-state index in [1.165, 1.54) is 21.9 Å². The molecule has 8 heteroatoms. The first-order chi connectivity index (χ1) is 12.6. The fourth-order valence-corrected chi connectivity index (χ4v) is 4.07. The molecule has 3 aromatic rings. The van der Waals surface area contributed by atoms with Crippen LogP contribution in [0.5, 0.6) is 0 Å². The van der Waals surface area contributed by atoms with E-state index in [1.807, 2.05) is 42.2 Å². The van der Waals surface area contributed by atoms with Crippen LogP contribution in [-0.4, -0.2) is 56.5 Å². The van der Waals surface area contributed by atoms with Crippen LogP contribution in [-0.2, 0) is 6.54 Å². The minimum absolute atomic E-state index is 0.0801. The molecule has 1 fully saturated rings. The summed E-state index contributed by atoms with van der Waals surface area (Å²) in [5.41, 5.74) is 1.29. The Kier molecular flexibility index (Phi) is 4.52. The van der Waals surface area contributed by atoms with E-state index in [0.717, 1.165) is 23.7 Å². The molecular formula is C18H19N5O2S. The molecule has 0 saturated carbocycles. The van der Waals surface area contributed by atoms with Crippen molar-refractivity contribution in [3.05, 3.63) is 63.0 Å². The molecule has 26 heavy (non-hydrogen) atoms. The van der Waals surface area contributed by atoms with Gasteiger partial charge in [-0.2, -0.15) is 9.61 Å². The lowest BCUT2D eigenvalue weighted by molar-refractivity contribution is 0.0628. The zero-order valence-corrected chi connectivity index (χ0v) is 15.3. The van der Waals surface area contributed by atoms with Gasteiger partial charge in [-0.05, 0) is 19.1 Å². The number of hydrogen-bond donors (Lipinski definition) is 0. The first kappa shape index (κ1) is 16.9. The predicted octanol–water partition coefficient (Wildman–Crippen LogP) is 1.42. The van der Waals surface area contributed by atoms with E-state index >= 15 is 0 Å². The summed E-state index contributed by atoms with van der Waals surface area (Å²) in [5.74, 6) is 0.0801. The van der Waals surface area contributed by atoms with E-state index in [9.17, 15) is 9.59 Å². The van der Waals surface area contributed by atoms with Crippen molar-refractivity contribution in [1.29, 1.82) is 0 Å². The van der Waals surface area contributed by atoms with E-state index in [1.54, 1.807) is 0 Å². The van der Waals surface area contributed by atoms with Crippen LogP contribution < -0.4 is 5.56 Å². The van der Waals surface area contributed by atoms with Gasteiger partial charge in [0.25, 0.3) is 11.5 Å². The van der Waals surface area contributed by atoms with Gasteiger partial charge in [-0.15, -0.1) is 0 Å². The quantitative estimate of drug-likeness (QED) is 0.698. The summed E-state index contributed by atoms with van der Waals surface area (Å²) < 4.78 is 1.36. The molecule has 1 saturated heterocycles. The van der Waals surface area contributed by atoms with Crippen LogP contribution in [0, 0.1) is 6.92 Å². The van der Waals surface area contributed by atoms with Gasteiger partial charge in [-0.3, -0.25) is 14.5 Å².